The zero-order valence-corrected chi connectivity index (χ0v) is 13.1. The van der Waals surface area contributed by atoms with E-state index in [0.717, 1.165) is 6.42 Å². The molecule has 0 aliphatic rings. The van der Waals surface area contributed by atoms with Crippen LogP contribution in [0.3, 0.4) is 0 Å². The topological polar surface area (TPSA) is 64.4 Å². The number of benzene rings is 1. The summed E-state index contributed by atoms with van der Waals surface area (Å²) in [7, 11) is 0. The molecule has 0 aliphatic heterocycles. The van der Waals surface area contributed by atoms with Crippen molar-refractivity contribution in [1.29, 1.82) is 0 Å². The molecule has 7 heteroatoms. The van der Waals surface area contributed by atoms with Crippen molar-refractivity contribution in [1.82, 2.24) is 0 Å². The zero-order valence-electron chi connectivity index (χ0n) is 12.3. The predicted octanol–water partition coefficient (Wildman–Crippen LogP) is 3.47. The first kappa shape index (κ1) is 19.6. The summed E-state index contributed by atoms with van der Waals surface area (Å²) < 4.78 is 28.9. The number of nitrogens with one attached hydrogen (secondary N) is 1. The number of halogens is 3. The molecular weight excluding hydrogens is 302 g/mol. The van der Waals surface area contributed by atoms with Crippen LogP contribution in [0.4, 0.5) is 14.5 Å². The molecule has 0 aromatic heterocycles. The highest BCUT2D eigenvalue weighted by atomic mass is 35.5. The average molecular weight is 323 g/mol. The van der Waals surface area contributed by atoms with Gasteiger partial charge >= 0.3 is 6.61 Å². The fraction of sp³-hybridized carbons (Fsp3) is 0.500. The van der Waals surface area contributed by atoms with Crippen LogP contribution in [0.15, 0.2) is 18.2 Å². The van der Waals surface area contributed by atoms with Crippen molar-refractivity contribution in [3.05, 3.63) is 23.8 Å². The molecule has 0 radical (unpaired) electrons. The lowest BCUT2D eigenvalue weighted by molar-refractivity contribution is -0.120. The van der Waals surface area contributed by atoms with Crippen LogP contribution in [-0.4, -0.2) is 18.1 Å². The third-order valence-corrected chi connectivity index (χ3v) is 2.95. The van der Waals surface area contributed by atoms with Gasteiger partial charge in [0.15, 0.2) is 0 Å². The first-order valence-corrected chi connectivity index (χ1v) is 6.42. The van der Waals surface area contributed by atoms with Gasteiger partial charge in [0.25, 0.3) is 0 Å². The first-order chi connectivity index (χ1) is 9.26. The molecule has 0 heterocycles. The Morgan fingerprint density at radius 3 is 2.62 bits per heavy atom. The standard InChI is InChI=1S/C14H20F2N2O2.ClH/c1-4-7-14(3,17)12(19)18-10-6-5-9(2)11(8-10)20-13(15)16;/h5-6,8,13H,4,7,17H2,1-3H3,(H,18,19);1H. The molecule has 0 aliphatic carbocycles. The number of carbonyl (C=O) groups is 1. The van der Waals surface area contributed by atoms with E-state index in [-0.39, 0.29) is 24.1 Å². The van der Waals surface area contributed by atoms with Crippen LogP contribution in [0.25, 0.3) is 0 Å². The average Bonchev–Trinajstić information content (AvgIpc) is 2.32. The van der Waals surface area contributed by atoms with Crippen LogP contribution < -0.4 is 15.8 Å². The SMILES string of the molecule is CCCC(C)(N)C(=O)Nc1ccc(C)c(OC(F)F)c1.Cl. The van der Waals surface area contributed by atoms with Crippen LogP contribution >= 0.6 is 12.4 Å². The Morgan fingerprint density at radius 2 is 2.10 bits per heavy atom. The van der Waals surface area contributed by atoms with Crippen LogP contribution in [0.5, 0.6) is 5.75 Å². The lowest BCUT2D eigenvalue weighted by Crippen LogP contribution is -2.48. The van der Waals surface area contributed by atoms with Gasteiger partial charge in [-0.05, 0) is 31.9 Å². The van der Waals surface area contributed by atoms with Gasteiger partial charge in [0.2, 0.25) is 5.91 Å². The molecular formula is C14H21ClF2N2O2. The Morgan fingerprint density at radius 1 is 1.48 bits per heavy atom. The third kappa shape index (κ3) is 5.85. The van der Waals surface area contributed by atoms with E-state index < -0.39 is 12.2 Å². The summed E-state index contributed by atoms with van der Waals surface area (Å²) in [6.07, 6.45) is 1.30. The van der Waals surface area contributed by atoms with Crippen molar-refractivity contribution in [2.24, 2.45) is 5.73 Å². The lowest BCUT2D eigenvalue weighted by Gasteiger charge is -2.23. The van der Waals surface area contributed by atoms with Gasteiger partial charge in [0.1, 0.15) is 5.75 Å². The molecule has 0 bridgehead atoms. The first-order valence-electron chi connectivity index (χ1n) is 6.42. The number of nitrogens with two attached hydrogens (primary N) is 1. The number of hydrogen-bond donors (Lipinski definition) is 2. The molecule has 0 saturated carbocycles. The maximum Gasteiger partial charge on any atom is 0.387 e. The number of rotatable bonds is 6. The van der Waals surface area contributed by atoms with Gasteiger partial charge in [0, 0.05) is 11.8 Å². The summed E-state index contributed by atoms with van der Waals surface area (Å²) in [5.41, 5.74) is 5.85. The van der Waals surface area contributed by atoms with Gasteiger partial charge < -0.3 is 15.8 Å². The highest BCUT2D eigenvalue weighted by Crippen LogP contribution is 2.25. The summed E-state index contributed by atoms with van der Waals surface area (Å²) in [6, 6.07) is 4.58. The number of alkyl halides is 2. The third-order valence-electron chi connectivity index (χ3n) is 2.95. The highest BCUT2D eigenvalue weighted by Gasteiger charge is 2.27. The minimum Gasteiger partial charge on any atom is -0.434 e. The van der Waals surface area contributed by atoms with Crippen molar-refractivity contribution in [3.63, 3.8) is 0 Å². The van der Waals surface area contributed by atoms with Gasteiger partial charge in [-0.1, -0.05) is 19.4 Å². The van der Waals surface area contributed by atoms with Crippen LogP contribution in [0.1, 0.15) is 32.3 Å². The minimum absolute atomic E-state index is 0. The van der Waals surface area contributed by atoms with E-state index in [1.54, 1.807) is 26.0 Å². The number of ether oxygens (including phenoxy) is 1. The second-order valence-corrected chi connectivity index (χ2v) is 4.98. The van der Waals surface area contributed by atoms with E-state index in [2.05, 4.69) is 10.1 Å². The van der Waals surface area contributed by atoms with Gasteiger partial charge in [-0.2, -0.15) is 8.78 Å². The van der Waals surface area contributed by atoms with Gasteiger partial charge in [0.05, 0.1) is 5.54 Å². The molecule has 1 aromatic rings. The van der Waals surface area contributed by atoms with E-state index in [1.165, 1.54) is 6.07 Å². The lowest BCUT2D eigenvalue weighted by atomic mass is 9.96. The van der Waals surface area contributed by atoms with Crippen molar-refractivity contribution >= 4 is 24.0 Å². The Hall–Kier alpha value is -1.40. The number of hydrogen-bond acceptors (Lipinski definition) is 3. The van der Waals surface area contributed by atoms with E-state index in [9.17, 15) is 13.6 Å². The normalized spacial score (nSPS) is 13.3. The molecule has 0 spiro atoms. The molecule has 1 rings (SSSR count). The number of amides is 1. The second-order valence-electron chi connectivity index (χ2n) is 4.98. The van der Waals surface area contributed by atoms with Crippen molar-refractivity contribution < 1.29 is 18.3 Å². The summed E-state index contributed by atoms with van der Waals surface area (Å²) in [5, 5.41) is 2.62. The molecule has 21 heavy (non-hydrogen) atoms. The van der Waals surface area contributed by atoms with Crippen molar-refractivity contribution in [3.8, 4) is 5.75 Å². The quantitative estimate of drug-likeness (QED) is 0.842. The van der Waals surface area contributed by atoms with Crippen LogP contribution in [-0.2, 0) is 4.79 Å². The molecule has 1 unspecified atom stereocenters. The Balaban J connectivity index is 0.00000400. The largest absolute Gasteiger partial charge is 0.434 e. The van der Waals surface area contributed by atoms with Gasteiger partial charge in [-0.3, -0.25) is 4.79 Å². The Bertz CT molecular complexity index is 482. The van der Waals surface area contributed by atoms with Crippen LogP contribution in [0.2, 0.25) is 0 Å². The molecule has 3 N–H and O–H groups in total. The van der Waals surface area contributed by atoms with E-state index in [1.807, 2.05) is 6.92 Å². The van der Waals surface area contributed by atoms with Crippen molar-refractivity contribution in [2.45, 2.75) is 45.8 Å². The van der Waals surface area contributed by atoms with Crippen LogP contribution in [0, 0.1) is 6.92 Å². The molecule has 4 nitrogen and oxygen atoms in total. The predicted molar refractivity (Wildman–Crippen MR) is 81.2 cm³/mol. The molecule has 1 aromatic carbocycles. The molecule has 0 fully saturated rings. The highest BCUT2D eigenvalue weighted by molar-refractivity contribution is 5.97. The number of aryl methyl sites for hydroxylation is 1. The van der Waals surface area contributed by atoms with E-state index in [4.69, 9.17) is 5.73 Å². The summed E-state index contributed by atoms with van der Waals surface area (Å²) in [6.45, 7) is 2.31. The molecule has 0 saturated heterocycles. The molecule has 1 atom stereocenters. The molecule has 1 amide bonds. The Labute approximate surface area is 129 Å². The van der Waals surface area contributed by atoms with E-state index >= 15 is 0 Å². The zero-order chi connectivity index (χ0) is 15.3. The smallest absolute Gasteiger partial charge is 0.387 e. The number of carbonyl (C=O) groups excluding carboxylic acids is 1. The van der Waals surface area contributed by atoms with Gasteiger partial charge in [-0.25, -0.2) is 0 Å². The fourth-order valence-corrected chi connectivity index (χ4v) is 1.81. The number of anilines is 1. The van der Waals surface area contributed by atoms with Crippen molar-refractivity contribution in [2.75, 3.05) is 5.32 Å². The minimum atomic E-state index is -2.90. The second kappa shape index (κ2) is 8.14. The van der Waals surface area contributed by atoms with E-state index in [0.29, 0.717) is 17.7 Å². The maximum absolute atomic E-state index is 12.3. The fourth-order valence-electron chi connectivity index (χ4n) is 1.81. The monoisotopic (exact) mass is 322 g/mol. The summed E-state index contributed by atoms with van der Waals surface area (Å²) >= 11 is 0. The maximum atomic E-state index is 12.3. The molecule has 120 valence electrons. The Kier molecular flexibility index (Phi) is 7.60. The summed E-state index contributed by atoms with van der Waals surface area (Å²) in [5.74, 6) is -0.321. The van der Waals surface area contributed by atoms with Gasteiger partial charge in [-0.15, -0.1) is 12.4 Å². The summed E-state index contributed by atoms with van der Waals surface area (Å²) in [4.78, 5) is 12.0.